The molecule has 0 rings (SSSR count). The molecule has 1 unspecified atom stereocenters. The molecule has 3 heteroatoms. The van der Waals surface area contributed by atoms with Crippen LogP contribution in [0.5, 0.6) is 0 Å². The molecule has 0 aromatic rings. The second kappa shape index (κ2) is 4.78. The van der Waals surface area contributed by atoms with Gasteiger partial charge in [-0.3, -0.25) is 4.79 Å². The van der Waals surface area contributed by atoms with Gasteiger partial charge in [-0.25, -0.2) is 0 Å². The lowest BCUT2D eigenvalue weighted by Crippen LogP contribution is -2.26. The van der Waals surface area contributed by atoms with Gasteiger partial charge in [-0.05, 0) is 13.3 Å². The molecular weight excluding hydrogens is 192 g/mol. The molecule has 1 N–H and O–H groups in total. The average molecular weight is 214 g/mol. The first-order chi connectivity index (χ1) is 6.21. The molecule has 0 aromatic heterocycles. The highest BCUT2D eigenvalue weighted by Gasteiger charge is 2.29. The molecule has 0 saturated carbocycles. The molecule has 0 amide bonds. The Bertz CT molecular complexity index is 218. The van der Waals surface area contributed by atoms with Crippen molar-refractivity contribution in [3.63, 3.8) is 0 Å². The van der Waals surface area contributed by atoms with Gasteiger partial charge in [0.05, 0.1) is 5.41 Å². The highest BCUT2D eigenvalue weighted by atomic mass is 28.3. The van der Waals surface area contributed by atoms with Gasteiger partial charge < -0.3 is 5.11 Å². The summed E-state index contributed by atoms with van der Waals surface area (Å²) in [6, 6.07) is 1.18. The molecule has 0 radical (unpaired) electrons. The highest BCUT2D eigenvalue weighted by molar-refractivity contribution is 6.76. The van der Waals surface area contributed by atoms with Crippen LogP contribution in [0.25, 0.3) is 0 Å². The van der Waals surface area contributed by atoms with Crippen LogP contribution in [-0.2, 0) is 4.79 Å². The second-order valence-electron chi connectivity index (χ2n) is 5.34. The molecule has 0 aliphatic rings. The zero-order valence-corrected chi connectivity index (χ0v) is 10.8. The summed E-state index contributed by atoms with van der Waals surface area (Å²) in [6.07, 6.45) is 3.25. The van der Waals surface area contributed by atoms with Gasteiger partial charge in [0.1, 0.15) is 0 Å². The van der Waals surface area contributed by atoms with E-state index in [1.54, 1.807) is 13.0 Å². The van der Waals surface area contributed by atoms with Crippen molar-refractivity contribution in [1.82, 2.24) is 0 Å². The fourth-order valence-corrected chi connectivity index (χ4v) is 2.52. The predicted octanol–water partition coefficient (Wildman–Crippen LogP) is 3.38. The summed E-state index contributed by atoms with van der Waals surface area (Å²) in [5, 5.41) is 9.00. The minimum atomic E-state index is -1.03. The number of aliphatic carboxylic acids is 1. The zero-order valence-electron chi connectivity index (χ0n) is 9.76. The maximum atomic E-state index is 10.9. The number of carboxylic acid groups (broad SMARTS) is 1. The van der Waals surface area contributed by atoms with Crippen LogP contribution < -0.4 is 0 Å². The van der Waals surface area contributed by atoms with E-state index in [4.69, 9.17) is 5.11 Å². The Labute approximate surface area is 88.0 Å². The van der Waals surface area contributed by atoms with Crippen LogP contribution in [0.4, 0.5) is 0 Å². The first kappa shape index (κ1) is 13.4. The lowest BCUT2D eigenvalue weighted by atomic mass is 9.86. The van der Waals surface area contributed by atoms with E-state index in [1.165, 1.54) is 6.04 Å². The van der Waals surface area contributed by atoms with Gasteiger partial charge in [0.15, 0.2) is 0 Å². The number of hydrogen-bond donors (Lipinski definition) is 1. The maximum absolute atomic E-state index is 10.9. The first-order valence-electron chi connectivity index (χ1n) is 5.08. The lowest BCUT2D eigenvalue weighted by Gasteiger charge is -2.22. The third-order valence-corrected chi connectivity index (χ3v) is 4.42. The molecule has 0 spiro atoms. The van der Waals surface area contributed by atoms with E-state index < -0.39 is 19.5 Å². The fourth-order valence-electron chi connectivity index (χ4n) is 1.28. The summed E-state index contributed by atoms with van der Waals surface area (Å²) in [5.41, 5.74) is -0.736. The van der Waals surface area contributed by atoms with Gasteiger partial charge in [0.2, 0.25) is 0 Å². The van der Waals surface area contributed by atoms with E-state index in [9.17, 15) is 4.79 Å². The molecule has 1 atom stereocenters. The minimum absolute atomic E-state index is 0.704. The van der Waals surface area contributed by atoms with Crippen molar-refractivity contribution >= 4 is 14.0 Å². The third-order valence-electron chi connectivity index (χ3n) is 2.56. The van der Waals surface area contributed by atoms with Crippen LogP contribution in [0.15, 0.2) is 12.7 Å². The molecule has 0 saturated heterocycles. The molecule has 0 bridgehead atoms. The van der Waals surface area contributed by atoms with Crippen molar-refractivity contribution in [3.05, 3.63) is 12.7 Å². The number of carbonyl (C=O) groups is 1. The summed E-state index contributed by atoms with van der Waals surface area (Å²) < 4.78 is 0. The van der Waals surface area contributed by atoms with E-state index in [-0.39, 0.29) is 0 Å². The smallest absolute Gasteiger partial charge is 0.313 e. The minimum Gasteiger partial charge on any atom is -0.481 e. The van der Waals surface area contributed by atoms with Crippen molar-refractivity contribution in [2.24, 2.45) is 5.41 Å². The Morgan fingerprint density at radius 3 is 2.29 bits per heavy atom. The maximum Gasteiger partial charge on any atom is 0.313 e. The number of hydrogen-bond acceptors (Lipinski definition) is 1. The Morgan fingerprint density at radius 2 is 2.00 bits per heavy atom. The summed E-state index contributed by atoms with van der Waals surface area (Å²) in [6.45, 7) is 12.3. The van der Waals surface area contributed by atoms with E-state index in [0.29, 0.717) is 6.42 Å². The van der Waals surface area contributed by atoms with Gasteiger partial charge in [-0.2, -0.15) is 0 Å². The van der Waals surface area contributed by atoms with E-state index in [2.05, 4.69) is 26.2 Å². The topological polar surface area (TPSA) is 37.3 Å². The largest absolute Gasteiger partial charge is 0.481 e. The van der Waals surface area contributed by atoms with Gasteiger partial charge >= 0.3 is 5.97 Å². The SMILES string of the molecule is C=CC(C)(CCC[Si](C)(C)C)C(=O)O. The standard InChI is InChI=1S/C11H22O2Si/c1-6-11(2,10(12)13)8-7-9-14(3,4)5/h6H,1,7-9H2,2-5H3,(H,12,13). The van der Waals surface area contributed by atoms with Crippen LogP contribution in [-0.4, -0.2) is 19.1 Å². The Morgan fingerprint density at radius 1 is 1.50 bits per heavy atom. The van der Waals surface area contributed by atoms with Crippen LogP contribution >= 0.6 is 0 Å². The van der Waals surface area contributed by atoms with Crippen molar-refractivity contribution < 1.29 is 9.90 Å². The third kappa shape index (κ3) is 4.60. The van der Waals surface area contributed by atoms with Crippen LogP contribution in [0.2, 0.25) is 25.7 Å². The quantitative estimate of drug-likeness (QED) is 0.543. The van der Waals surface area contributed by atoms with Crippen molar-refractivity contribution in [1.29, 1.82) is 0 Å². The van der Waals surface area contributed by atoms with E-state index in [1.807, 2.05) is 0 Å². The molecule has 0 aliphatic heterocycles. The summed E-state index contributed by atoms with van der Waals surface area (Å²) >= 11 is 0. The van der Waals surface area contributed by atoms with Crippen LogP contribution in [0.3, 0.4) is 0 Å². The normalized spacial score (nSPS) is 16.0. The van der Waals surface area contributed by atoms with Crippen molar-refractivity contribution in [3.8, 4) is 0 Å². The van der Waals surface area contributed by atoms with Gasteiger partial charge in [0.25, 0.3) is 0 Å². The van der Waals surface area contributed by atoms with Crippen molar-refractivity contribution in [2.75, 3.05) is 0 Å². The molecule has 14 heavy (non-hydrogen) atoms. The fraction of sp³-hybridized carbons (Fsp3) is 0.727. The van der Waals surface area contributed by atoms with Crippen molar-refractivity contribution in [2.45, 2.75) is 45.5 Å². The van der Waals surface area contributed by atoms with Crippen LogP contribution in [0, 0.1) is 5.41 Å². The van der Waals surface area contributed by atoms with E-state index in [0.717, 1.165) is 6.42 Å². The molecule has 82 valence electrons. The number of carboxylic acids is 1. The van der Waals surface area contributed by atoms with E-state index >= 15 is 0 Å². The Hall–Kier alpha value is -0.573. The summed E-state index contributed by atoms with van der Waals surface area (Å²) in [7, 11) is -1.03. The first-order valence-corrected chi connectivity index (χ1v) is 8.79. The molecule has 0 heterocycles. The van der Waals surface area contributed by atoms with Gasteiger partial charge in [-0.1, -0.05) is 38.2 Å². The monoisotopic (exact) mass is 214 g/mol. The summed E-state index contributed by atoms with van der Waals surface area (Å²) in [5.74, 6) is -0.761. The Kier molecular flexibility index (Phi) is 4.58. The predicted molar refractivity (Wildman–Crippen MR) is 63.3 cm³/mol. The van der Waals surface area contributed by atoms with Gasteiger partial charge in [-0.15, -0.1) is 6.58 Å². The lowest BCUT2D eigenvalue weighted by molar-refractivity contribution is -0.145. The molecule has 2 nitrogen and oxygen atoms in total. The average Bonchev–Trinajstić information content (AvgIpc) is 2.01. The molecular formula is C11H22O2Si. The van der Waals surface area contributed by atoms with Gasteiger partial charge in [0, 0.05) is 8.07 Å². The summed E-state index contributed by atoms with van der Waals surface area (Å²) in [4.78, 5) is 10.9. The highest BCUT2D eigenvalue weighted by Crippen LogP contribution is 2.27. The van der Waals surface area contributed by atoms with Crippen LogP contribution in [0.1, 0.15) is 19.8 Å². The second-order valence-corrected chi connectivity index (χ2v) is 11.0. The zero-order chi connectivity index (χ0) is 11.4. The molecule has 0 aromatic carbocycles. The molecule has 0 aliphatic carbocycles. The number of rotatable bonds is 6. The Balaban J connectivity index is 4.10. The molecule has 0 fully saturated rings.